The summed E-state index contributed by atoms with van der Waals surface area (Å²) in [5.41, 5.74) is 1.94. The summed E-state index contributed by atoms with van der Waals surface area (Å²) in [5, 5.41) is 17.0. The van der Waals surface area contributed by atoms with Gasteiger partial charge in [0.25, 0.3) is 0 Å². The summed E-state index contributed by atoms with van der Waals surface area (Å²) in [6.07, 6.45) is -0.664. The zero-order valence-electron chi connectivity index (χ0n) is 18.4. The van der Waals surface area contributed by atoms with Crippen molar-refractivity contribution in [2.75, 3.05) is 12.4 Å². The first kappa shape index (κ1) is 22.7. The van der Waals surface area contributed by atoms with E-state index >= 15 is 0 Å². The number of hydrogen-bond donors (Lipinski definition) is 2. The van der Waals surface area contributed by atoms with E-state index in [1.165, 1.54) is 11.8 Å². The quantitative estimate of drug-likeness (QED) is 0.555. The van der Waals surface area contributed by atoms with Crippen LogP contribution in [0.1, 0.15) is 25.2 Å². The number of aromatic nitrogens is 4. The highest BCUT2D eigenvalue weighted by Crippen LogP contribution is 2.26. The van der Waals surface area contributed by atoms with Crippen LogP contribution in [-0.2, 0) is 16.1 Å². The molecule has 2 amide bonds. The molecule has 2 N–H and O–H groups in total. The van der Waals surface area contributed by atoms with Gasteiger partial charge in [-0.05, 0) is 47.0 Å². The molecule has 3 rings (SSSR count). The zero-order valence-corrected chi connectivity index (χ0v) is 18.4. The van der Waals surface area contributed by atoms with Crippen molar-refractivity contribution < 1.29 is 19.1 Å². The van der Waals surface area contributed by atoms with E-state index in [0.717, 1.165) is 5.56 Å². The molecule has 10 heteroatoms. The Kier molecular flexibility index (Phi) is 7.37. The van der Waals surface area contributed by atoms with Crippen molar-refractivity contribution in [3.63, 3.8) is 0 Å². The van der Waals surface area contributed by atoms with Crippen LogP contribution >= 0.6 is 0 Å². The lowest BCUT2D eigenvalue weighted by molar-refractivity contribution is -0.119. The SMILES string of the molecule is COc1ccc(NC(=O)[C@@H](NC(=O)OCc2ccccc2)C(C)C)cc1-n1nnnc1C. The lowest BCUT2D eigenvalue weighted by Gasteiger charge is -2.22. The molecule has 1 atom stereocenters. The Balaban J connectivity index is 1.69. The number of alkyl carbamates (subject to hydrolysis) is 1. The molecule has 0 saturated carbocycles. The molecule has 0 spiro atoms. The highest BCUT2D eigenvalue weighted by atomic mass is 16.5. The van der Waals surface area contributed by atoms with Gasteiger partial charge in [0.2, 0.25) is 5.91 Å². The van der Waals surface area contributed by atoms with Gasteiger partial charge in [0.1, 0.15) is 24.1 Å². The number of nitrogens with zero attached hydrogens (tertiary/aromatic N) is 4. The Morgan fingerprint density at radius 1 is 1.12 bits per heavy atom. The number of ether oxygens (including phenoxy) is 2. The Hall–Kier alpha value is -3.95. The van der Waals surface area contributed by atoms with Gasteiger partial charge in [-0.3, -0.25) is 4.79 Å². The van der Waals surface area contributed by atoms with Crippen LogP contribution in [0.2, 0.25) is 0 Å². The van der Waals surface area contributed by atoms with E-state index in [4.69, 9.17) is 9.47 Å². The predicted octanol–water partition coefficient (Wildman–Crippen LogP) is 2.87. The molecule has 0 fully saturated rings. The number of benzene rings is 2. The molecule has 0 radical (unpaired) electrons. The third-order valence-corrected chi connectivity index (χ3v) is 4.74. The maximum Gasteiger partial charge on any atom is 0.408 e. The van der Waals surface area contributed by atoms with Crippen LogP contribution in [-0.4, -0.2) is 45.4 Å². The summed E-state index contributed by atoms with van der Waals surface area (Å²) in [4.78, 5) is 25.2. The number of carbonyl (C=O) groups is 2. The molecule has 32 heavy (non-hydrogen) atoms. The zero-order chi connectivity index (χ0) is 23.1. The number of methoxy groups -OCH3 is 1. The minimum Gasteiger partial charge on any atom is -0.494 e. The lowest BCUT2D eigenvalue weighted by atomic mass is 10.0. The molecule has 10 nitrogen and oxygen atoms in total. The van der Waals surface area contributed by atoms with Crippen LogP contribution < -0.4 is 15.4 Å². The molecule has 0 saturated heterocycles. The Morgan fingerprint density at radius 2 is 1.88 bits per heavy atom. The van der Waals surface area contributed by atoms with E-state index in [0.29, 0.717) is 22.9 Å². The van der Waals surface area contributed by atoms with Gasteiger partial charge in [-0.15, -0.1) is 5.10 Å². The molecule has 1 heterocycles. The lowest BCUT2D eigenvalue weighted by Crippen LogP contribution is -2.47. The number of amides is 2. The van der Waals surface area contributed by atoms with Crippen molar-refractivity contribution in [1.29, 1.82) is 0 Å². The molecule has 0 aliphatic heterocycles. The average Bonchev–Trinajstić information content (AvgIpc) is 3.22. The third kappa shape index (κ3) is 5.60. The fourth-order valence-corrected chi connectivity index (χ4v) is 3.03. The van der Waals surface area contributed by atoms with Crippen LogP contribution in [0.15, 0.2) is 48.5 Å². The van der Waals surface area contributed by atoms with E-state index < -0.39 is 12.1 Å². The van der Waals surface area contributed by atoms with Gasteiger partial charge in [-0.25, -0.2) is 4.79 Å². The van der Waals surface area contributed by atoms with Crippen LogP contribution in [0, 0.1) is 12.8 Å². The molecule has 3 aromatic rings. The largest absolute Gasteiger partial charge is 0.494 e. The third-order valence-electron chi connectivity index (χ3n) is 4.74. The molecular formula is C22H26N6O4. The molecule has 0 unspecified atom stereocenters. The standard InChI is InChI=1S/C22H26N6O4/c1-14(2)20(24-22(30)32-13-16-8-6-5-7-9-16)21(29)23-17-10-11-19(31-4)18(12-17)28-15(3)25-26-27-28/h5-12,14,20H,13H2,1-4H3,(H,23,29)(H,24,30)/t20-/m0/s1. The van der Waals surface area contributed by atoms with Gasteiger partial charge in [-0.1, -0.05) is 44.2 Å². The highest BCUT2D eigenvalue weighted by Gasteiger charge is 2.25. The second kappa shape index (κ2) is 10.4. The van der Waals surface area contributed by atoms with Gasteiger partial charge in [-0.2, -0.15) is 4.68 Å². The highest BCUT2D eigenvalue weighted by molar-refractivity contribution is 5.97. The van der Waals surface area contributed by atoms with E-state index in [9.17, 15) is 9.59 Å². The van der Waals surface area contributed by atoms with Gasteiger partial charge < -0.3 is 20.1 Å². The summed E-state index contributed by atoms with van der Waals surface area (Å²) in [5.74, 6) is 0.566. The van der Waals surface area contributed by atoms with Gasteiger partial charge >= 0.3 is 6.09 Å². The van der Waals surface area contributed by atoms with Crippen LogP contribution in [0.3, 0.4) is 0 Å². The number of nitrogens with one attached hydrogen (secondary N) is 2. The predicted molar refractivity (Wildman–Crippen MR) is 117 cm³/mol. The van der Waals surface area contributed by atoms with E-state index in [2.05, 4.69) is 26.2 Å². The summed E-state index contributed by atoms with van der Waals surface area (Å²) in [7, 11) is 1.54. The Morgan fingerprint density at radius 3 is 2.50 bits per heavy atom. The summed E-state index contributed by atoms with van der Waals surface area (Å²) in [6.45, 7) is 5.55. The maximum absolute atomic E-state index is 12.9. The fraction of sp³-hybridized carbons (Fsp3) is 0.318. The van der Waals surface area contributed by atoms with Crippen molar-refractivity contribution in [3.05, 3.63) is 59.9 Å². The molecular weight excluding hydrogens is 412 g/mol. The van der Waals surface area contributed by atoms with Crippen molar-refractivity contribution in [2.45, 2.75) is 33.4 Å². The van der Waals surface area contributed by atoms with Crippen molar-refractivity contribution in [3.8, 4) is 11.4 Å². The number of tetrazole rings is 1. The van der Waals surface area contributed by atoms with Gasteiger partial charge in [0.05, 0.1) is 7.11 Å². The smallest absolute Gasteiger partial charge is 0.408 e. The number of aryl methyl sites for hydroxylation is 1. The number of rotatable bonds is 8. The molecule has 168 valence electrons. The molecule has 1 aromatic heterocycles. The topological polar surface area (TPSA) is 120 Å². The van der Waals surface area contributed by atoms with Crippen molar-refractivity contribution >= 4 is 17.7 Å². The summed E-state index contributed by atoms with van der Waals surface area (Å²) in [6, 6.07) is 13.6. The summed E-state index contributed by atoms with van der Waals surface area (Å²) < 4.78 is 12.1. The second-order valence-corrected chi connectivity index (χ2v) is 7.44. The van der Waals surface area contributed by atoms with Gasteiger partial charge in [0.15, 0.2) is 5.82 Å². The number of anilines is 1. The first-order valence-electron chi connectivity index (χ1n) is 10.1. The number of carbonyl (C=O) groups excluding carboxylic acids is 2. The van der Waals surface area contributed by atoms with Crippen LogP contribution in [0.25, 0.3) is 5.69 Å². The molecule has 0 aliphatic carbocycles. The second-order valence-electron chi connectivity index (χ2n) is 7.44. The molecule has 0 bridgehead atoms. The first-order chi connectivity index (χ1) is 15.4. The van der Waals surface area contributed by atoms with Crippen LogP contribution in [0.4, 0.5) is 10.5 Å². The normalized spacial score (nSPS) is 11.7. The first-order valence-corrected chi connectivity index (χ1v) is 10.1. The Bertz CT molecular complexity index is 1070. The van der Waals surface area contributed by atoms with Crippen molar-refractivity contribution in [2.24, 2.45) is 5.92 Å². The molecule has 2 aromatic carbocycles. The maximum atomic E-state index is 12.9. The van der Waals surface area contributed by atoms with Gasteiger partial charge in [0, 0.05) is 5.69 Å². The summed E-state index contributed by atoms with van der Waals surface area (Å²) >= 11 is 0. The van der Waals surface area contributed by atoms with E-state index in [1.54, 1.807) is 25.1 Å². The molecule has 0 aliphatic rings. The van der Waals surface area contributed by atoms with E-state index in [1.807, 2.05) is 44.2 Å². The minimum absolute atomic E-state index is 0.117. The minimum atomic E-state index is -0.793. The van der Waals surface area contributed by atoms with Crippen LogP contribution in [0.5, 0.6) is 5.75 Å². The Labute approximate surface area is 185 Å². The monoisotopic (exact) mass is 438 g/mol. The average molecular weight is 438 g/mol. The fourth-order valence-electron chi connectivity index (χ4n) is 3.03. The van der Waals surface area contributed by atoms with Crippen molar-refractivity contribution in [1.82, 2.24) is 25.5 Å². The van der Waals surface area contributed by atoms with E-state index in [-0.39, 0.29) is 18.4 Å². The number of hydrogen-bond acceptors (Lipinski definition) is 7.